The molecule has 0 spiro atoms. The van der Waals surface area contributed by atoms with Crippen LogP contribution in [0.3, 0.4) is 0 Å². The molecule has 0 atom stereocenters. The first kappa shape index (κ1) is 18.4. The van der Waals surface area contributed by atoms with Crippen LogP contribution < -0.4 is 9.86 Å². The van der Waals surface area contributed by atoms with Crippen molar-refractivity contribution in [3.05, 3.63) is 58.7 Å². The Kier molecular flexibility index (Phi) is 5.03. The molecule has 0 saturated heterocycles. The van der Waals surface area contributed by atoms with Gasteiger partial charge in [-0.05, 0) is 49.6 Å². The minimum Gasteiger partial charge on any atom is -0.280 e. The second-order valence-corrected chi connectivity index (χ2v) is 9.07. The number of nitrogens with two attached hydrogens (primary N) is 1. The van der Waals surface area contributed by atoms with Gasteiger partial charge in [0.2, 0.25) is 10.0 Å². The Labute approximate surface area is 142 Å². The predicted octanol–water partition coefficient (Wildman–Crippen LogP) is 2.20. The summed E-state index contributed by atoms with van der Waals surface area (Å²) in [5.41, 5.74) is 3.18. The lowest BCUT2D eigenvalue weighted by Gasteiger charge is -2.14. The molecule has 0 fully saturated rings. The van der Waals surface area contributed by atoms with Gasteiger partial charge in [0.15, 0.2) is 0 Å². The minimum atomic E-state index is -3.73. The van der Waals surface area contributed by atoms with Gasteiger partial charge in [-0.15, -0.1) is 0 Å². The first-order valence-electron chi connectivity index (χ1n) is 7.18. The maximum Gasteiger partial charge on any atom is 0.262 e. The highest BCUT2D eigenvalue weighted by molar-refractivity contribution is 7.92. The first-order chi connectivity index (χ1) is 11.0. The zero-order valence-corrected chi connectivity index (χ0v) is 15.3. The fourth-order valence-electron chi connectivity index (χ4n) is 2.70. The summed E-state index contributed by atoms with van der Waals surface area (Å²) >= 11 is 0. The first-order valence-corrected chi connectivity index (χ1v) is 10.4. The van der Waals surface area contributed by atoms with Crippen molar-refractivity contribution in [1.29, 1.82) is 0 Å². The van der Waals surface area contributed by atoms with Gasteiger partial charge in [0, 0.05) is 5.69 Å². The molecule has 8 heteroatoms. The van der Waals surface area contributed by atoms with E-state index in [0.717, 1.165) is 5.56 Å². The van der Waals surface area contributed by atoms with E-state index in [0.29, 0.717) is 22.4 Å². The molecule has 0 aliphatic rings. The van der Waals surface area contributed by atoms with Crippen LogP contribution in [0.25, 0.3) is 0 Å². The zero-order chi connectivity index (χ0) is 18.1. The van der Waals surface area contributed by atoms with Crippen molar-refractivity contribution in [3.63, 3.8) is 0 Å². The Morgan fingerprint density at radius 1 is 0.917 bits per heavy atom. The van der Waals surface area contributed by atoms with Gasteiger partial charge in [-0.2, -0.15) is 0 Å². The van der Waals surface area contributed by atoms with Gasteiger partial charge in [-0.1, -0.05) is 29.8 Å². The largest absolute Gasteiger partial charge is 0.280 e. The molecule has 3 N–H and O–H groups in total. The molecule has 0 bridgehead atoms. The highest BCUT2D eigenvalue weighted by Gasteiger charge is 2.20. The number of sulfonamides is 2. The second kappa shape index (κ2) is 6.54. The van der Waals surface area contributed by atoms with E-state index in [-0.39, 0.29) is 10.6 Å². The van der Waals surface area contributed by atoms with Gasteiger partial charge in [0.05, 0.1) is 10.6 Å². The molecule has 6 nitrogen and oxygen atoms in total. The fourth-order valence-corrected chi connectivity index (χ4v) is 4.87. The molecule has 0 unspecified atom stereocenters. The molecule has 0 saturated carbocycles. The van der Waals surface area contributed by atoms with Crippen LogP contribution in [0.2, 0.25) is 0 Å². The quantitative estimate of drug-likeness (QED) is 0.843. The summed E-state index contributed by atoms with van der Waals surface area (Å²) in [6, 6.07) is 9.70. The van der Waals surface area contributed by atoms with Crippen LogP contribution in [0, 0.1) is 20.8 Å². The van der Waals surface area contributed by atoms with Crippen molar-refractivity contribution in [2.75, 3.05) is 4.72 Å². The SMILES string of the molecule is Cc1cc(C)c(S(=O)(=O)Nc2ccc(CS(N)(=O)=O)cc2)c(C)c1. The van der Waals surface area contributed by atoms with Crippen LogP contribution in [0.4, 0.5) is 5.69 Å². The van der Waals surface area contributed by atoms with E-state index >= 15 is 0 Å². The standard InChI is InChI=1S/C16H20N2O4S2/c1-11-8-12(2)16(13(3)9-11)24(21,22)18-15-6-4-14(5-7-15)10-23(17,19)20/h4-9,18H,10H2,1-3H3,(H2,17,19,20). The second-order valence-electron chi connectivity index (χ2n) is 5.84. The van der Waals surface area contributed by atoms with E-state index in [9.17, 15) is 16.8 Å². The van der Waals surface area contributed by atoms with E-state index < -0.39 is 20.0 Å². The third-order valence-electron chi connectivity index (χ3n) is 3.45. The molecule has 24 heavy (non-hydrogen) atoms. The van der Waals surface area contributed by atoms with Crippen molar-refractivity contribution < 1.29 is 16.8 Å². The maximum absolute atomic E-state index is 12.6. The molecule has 130 valence electrons. The number of nitrogens with one attached hydrogen (secondary N) is 1. The Hall–Kier alpha value is -1.90. The summed E-state index contributed by atoms with van der Waals surface area (Å²) in [4.78, 5) is 0.252. The van der Waals surface area contributed by atoms with Gasteiger partial charge in [0.1, 0.15) is 0 Å². The number of rotatable bonds is 5. The lowest BCUT2D eigenvalue weighted by molar-refractivity contribution is 0.596. The lowest BCUT2D eigenvalue weighted by Crippen LogP contribution is -2.16. The van der Waals surface area contributed by atoms with Crippen molar-refractivity contribution in [3.8, 4) is 0 Å². The van der Waals surface area contributed by atoms with Gasteiger partial charge < -0.3 is 0 Å². The summed E-state index contributed by atoms with van der Waals surface area (Å²) < 4.78 is 49.9. The molecular weight excluding hydrogens is 348 g/mol. The summed E-state index contributed by atoms with van der Waals surface area (Å²) in [5.74, 6) is -0.295. The van der Waals surface area contributed by atoms with E-state index in [1.54, 1.807) is 13.8 Å². The zero-order valence-electron chi connectivity index (χ0n) is 13.7. The van der Waals surface area contributed by atoms with Gasteiger partial charge >= 0.3 is 0 Å². The lowest BCUT2D eigenvalue weighted by atomic mass is 10.1. The Morgan fingerprint density at radius 2 is 1.42 bits per heavy atom. The van der Waals surface area contributed by atoms with Crippen molar-refractivity contribution in [1.82, 2.24) is 0 Å². The van der Waals surface area contributed by atoms with Crippen LogP contribution in [0.5, 0.6) is 0 Å². The van der Waals surface area contributed by atoms with Crippen molar-refractivity contribution >= 4 is 25.7 Å². The summed E-state index contributed by atoms with van der Waals surface area (Å²) in [6.07, 6.45) is 0. The Balaban J connectivity index is 2.30. The average Bonchev–Trinajstić information content (AvgIpc) is 2.37. The van der Waals surface area contributed by atoms with Crippen molar-refractivity contribution in [2.45, 2.75) is 31.4 Å². The molecule has 0 heterocycles. The molecule has 2 aromatic rings. The predicted molar refractivity (Wildman–Crippen MR) is 94.7 cm³/mol. The third-order valence-corrected chi connectivity index (χ3v) is 5.87. The van der Waals surface area contributed by atoms with Crippen LogP contribution in [-0.4, -0.2) is 16.8 Å². The molecule has 0 aliphatic carbocycles. The normalized spacial score (nSPS) is 12.2. The van der Waals surface area contributed by atoms with Crippen LogP contribution in [-0.2, 0) is 25.8 Å². The van der Waals surface area contributed by atoms with Crippen LogP contribution in [0.1, 0.15) is 22.3 Å². The van der Waals surface area contributed by atoms with Crippen LogP contribution >= 0.6 is 0 Å². The number of benzene rings is 2. The molecule has 2 aromatic carbocycles. The van der Waals surface area contributed by atoms with E-state index in [4.69, 9.17) is 5.14 Å². The summed E-state index contributed by atoms with van der Waals surface area (Å²) in [6.45, 7) is 5.42. The monoisotopic (exact) mass is 368 g/mol. The van der Waals surface area contributed by atoms with Crippen LogP contribution in [0.15, 0.2) is 41.3 Å². The van der Waals surface area contributed by atoms with Gasteiger partial charge in [-0.3, -0.25) is 4.72 Å². The number of primary sulfonamides is 1. The number of aryl methyl sites for hydroxylation is 3. The van der Waals surface area contributed by atoms with E-state index in [1.165, 1.54) is 24.3 Å². The van der Waals surface area contributed by atoms with Gasteiger partial charge in [0.25, 0.3) is 10.0 Å². The number of hydrogen-bond acceptors (Lipinski definition) is 4. The Morgan fingerprint density at radius 3 is 1.88 bits per heavy atom. The molecular formula is C16H20N2O4S2. The highest BCUT2D eigenvalue weighted by atomic mass is 32.2. The fraction of sp³-hybridized carbons (Fsp3) is 0.250. The smallest absolute Gasteiger partial charge is 0.262 e. The molecule has 0 amide bonds. The number of anilines is 1. The highest BCUT2D eigenvalue weighted by Crippen LogP contribution is 2.24. The molecule has 2 rings (SSSR count). The van der Waals surface area contributed by atoms with E-state index in [1.807, 2.05) is 19.1 Å². The topological polar surface area (TPSA) is 106 Å². The maximum atomic E-state index is 12.6. The average molecular weight is 368 g/mol. The molecule has 0 radical (unpaired) electrons. The summed E-state index contributed by atoms with van der Waals surface area (Å²) in [5, 5.41) is 4.99. The molecule has 0 aliphatic heterocycles. The number of hydrogen-bond donors (Lipinski definition) is 2. The Bertz CT molecular complexity index is 941. The summed E-state index contributed by atoms with van der Waals surface area (Å²) in [7, 11) is -7.35. The third kappa shape index (κ3) is 4.56. The minimum absolute atomic E-state index is 0.252. The molecule has 0 aromatic heterocycles. The van der Waals surface area contributed by atoms with Crippen molar-refractivity contribution in [2.24, 2.45) is 5.14 Å². The van der Waals surface area contributed by atoms with E-state index in [2.05, 4.69) is 4.72 Å². The van der Waals surface area contributed by atoms with Gasteiger partial charge in [-0.25, -0.2) is 22.0 Å².